The molecule has 7 heteroatoms. The van der Waals surface area contributed by atoms with Crippen LogP contribution in [0.4, 0.5) is 0 Å². The molecule has 0 bridgehead atoms. The first kappa shape index (κ1) is 26.8. The topological polar surface area (TPSA) is 107 Å². The smallest absolute Gasteiger partial charge is 0.320 e. The van der Waals surface area contributed by atoms with Crippen molar-refractivity contribution in [2.24, 2.45) is 5.92 Å². The Labute approximate surface area is 170 Å². The maximum atomic E-state index is 12.0. The van der Waals surface area contributed by atoms with Gasteiger partial charge in [0.2, 0.25) is 0 Å². The van der Waals surface area contributed by atoms with Crippen molar-refractivity contribution in [3.05, 3.63) is 0 Å². The molecule has 0 amide bonds. The number of aliphatic carboxylic acids is 1. The van der Waals surface area contributed by atoms with Crippen LogP contribution in [0.2, 0.25) is 0 Å². The molecular formula is C21H41NO6. The highest BCUT2D eigenvalue weighted by atomic mass is 16.5. The maximum Gasteiger partial charge on any atom is 0.320 e. The summed E-state index contributed by atoms with van der Waals surface area (Å²) in [7, 11) is 0. The van der Waals surface area contributed by atoms with Gasteiger partial charge in [-0.25, -0.2) is 0 Å². The van der Waals surface area contributed by atoms with Gasteiger partial charge in [0.05, 0.1) is 19.8 Å². The van der Waals surface area contributed by atoms with Crippen molar-refractivity contribution in [3.63, 3.8) is 0 Å². The van der Waals surface area contributed by atoms with E-state index in [1.165, 1.54) is 32.1 Å². The van der Waals surface area contributed by atoms with Gasteiger partial charge in [-0.15, -0.1) is 0 Å². The van der Waals surface area contributed by atoms with Crippen LogP contribution in [0.1, 0.15) is 77.6 Å². The van der Waals surface area contributed by atoms with Gasteiger partial charge in [0.1, 0.15) is 0 Å². The lowest BCUT2D eigenvalue weighted by atomic mass is 10.00. The number of hydrogen-bond donors (Lipinski definition) is 3. The van der Waals surface area contributed by atoms with Gasteiger partial charge in [-0.1, -0.05) is 58.3 Å². The van der Waals surface area contributed by atoms with Crippen LogP contribution in [-0.2, 0) is 14.3 Å². The molecule has 0 aromatic heterocycles. The zero-order valence-electron chi connectivity index (χ0n) is 17.6. The summed E-state index contributed by atoms with van der Waals surface area (Å²) in [6.45, 7) is 4.15. The van der Waals surface area contributed by atoms with Crippen molar-refractivity contribution in [1.29, 1.82) is 0 Å². The average molecular weight is 404 g/mol. The summed E-state index contributed by atoms with van der Waals surface area (Å²) in [6, 6.07) is 0. The number of carbonyl (C=O) groups is 2. The Bertz CT molecular complexity index is 385. The number of nitrogens with zero attached hydrogens (tertiary/aromatic N) is 1. The van der Waals surface area contributed by atoms with Crippen molar-refractivity contribution in [3.8, 4) is 0 Å². The van der Waals surface area contributed by atoms with E-state index in [2.05, 4.69) is 6.92 Å². The van der Waals surface area contributed by atoms with Crippen molar-refractivity contribution >= 4 is 11.9 Å². The number of hydrogen-bond acceptors (Lipinski definition) is 6. The minimum absolute atomic E-state index is 0.0357. The number of carbonyl (C=O) groups excluding carboxylic acids is 1. The van der Waals surface area contributed by atoms with Gasteiger partial charge in [-0.05, 0) is 25.8 Å². The minimum Gasteiger partial charge on any atom is -0.481 e. The summed E-state index contributed by atoms with van der Waals surface area (Å²) in [5.41, 5.74) is 0. The summed E-state index contributed by atoms with van der Waals surface area (Å²) >= 11 is 0. The van der Waals surface area contributed by atoms with Gasteiger partial charge in [0, 0.05) is 13.1 Å². The lowest BCUT2D eigenvalue weighted by Crippen LogP contribution is -2.31. The van der Waals surface area contributed by atoms with E-state index in [1.54, 1.807) is 0 Å². The van der Waals surface area contributed by atoms with Crippen molar-refractivity contribution in [1.82, 2.24) is 4.90 Å². The number of carboxylic acid groups (broad SMARTS) is 1. The minimum atomic E-state index is -1.11. The summed E-state index contributed by atoms with van der Waals surface area (Å²) in [4.78, 5) is 25.3. The molecule has 0 aromatic rings. The predicted molar refractivity (Wildman–Crippen MR) is 109 cm³/mol. The Balaban J connectivity index is 3.90. The SMILES string of the molecule is CCCCCCCCCCC(C(=O)O)C(=O)OCCCCN(CCO)CCO. The molecule has 1 atom stereocenters. The molecule has 1 unspecified atom stereocenters. The first-order chi connectivity index (χ1) is 13.6. The molecule has 0 aliphatic carbocycles. The molecular weight excluding hydrogens is 362 g/mol. The second-order valence-corrected chi connectivity index (χ2v) is 7.32. The highest BCUT2D eigenvalue weighted by Crippen LogP contribution is 2.15. The molecule has 0 aliphatic rings. The van der Waals surface area contributed by atoms with E-state index < -0.39 is 17.9 Å². The fraction of sp³-hybridized carbons (Fsp3) is 0.905. The molecule has 0 rings (SSSR count). The fourth-order valence-corrected chi connectivity index (χ4v) is 3.15. The van der Waals surface area contributed by atoms with Crippen molar-refractivity contribution < 1.29 is 29.6 Å². The van der Waals surface area contributed by atoms with Gasteiger partial charge in [-0.3, -0.25) is 14.5 Å². The van der Waals surface area contributed by atoms with Crippen LogP contribution in [0.5, 0.6) is 0 Å². The molecule has 0 saturated heterocycles. The molecule has 0 radical (unpaired) electrons. The molecule has 28 heavy (non-hydrogen) atoms. The highest BCUT2D eigenvalue weighted by Gasteiger charge is 2.27. The van der Waals surface area contributed by atoms with Crippen LogP contribution in [0.25, 0.3) is 0 Å². The van der Waals surface area contributed by atoms with E-state index in [-0.39, 0.29) is 19.8 Å². The monoisotopic (exact) mass is 403 g/mol. The van der Waals surface area contributed by atoms with Crippen LogP contribution in [0.3, 0.4) is 0 Å². The van der Waals surface area contributed by atoms with Crippen LogP contribution >= 0.6 is 0 Å². The van der Waals surface area contributed by atoms with E-state index in [4.69, 9.17) is 14.9 Å². The number of carboxylic acids is 1. The molecule has 0 spiro atoms. The Morgan fingerprint density at radius 1 is 0.821 bits per heavy atom. The maximum absolute atomic E-state index is 12.0. The largest absolute Gasteiger partial charge is 0.481 e. The van der Waals surface area contributed by atoms with Gasteiger partial charge < -0.3 is 20.1 Å². The third kappa shape index (κ3) is 14.8. The summed E-state index contributed by atoms with van der Waals surface area (Å²) in [6.07, 6.45) is 10.7. The predicted octanol–water partition coefficient (Wildman–Crippen LogP) is 2.83. The first-order valence-corrected chi connectivity index (χ1v) is 10.9. The number of rotatable bonds is 20. The Kier molecular flexibility index (Phi) is 18.3. The third-order valence-corrected chi connectivity index (χ3v) is 4.87. The average Bonchev–Trinajstić information content (AvgIpc) is 2.66. The summed E-state index contributed by atoms with van der Waals surface area (Å²) in [5, 5.41) is 27.2. The lowest BCUT2D eigenvalue weighted by molar-refractivity contribution is -0.159. The molecule has 3 N–H and O–H groups in total. The standard InChI is InChI=1S/C21H41NO6/c1-2-3-4-5-6-7-8-9-12-19(20(25)26)21(27)28-18-11-10-13-22(14-16-23)15-17-24/h19,23-24H,2-18H2,1H3,(H,25,26). The van der Waals surface area contributed by atoms with E-state index in [0.717, 1.165) is 25.7 Å². The number of esters is 1. The van der Waals surface area contributed by atoms with Gasteiger partial charge in [0.25, 0.3) is 0 Å². The summed E-state index contributed by atoms with van der Waals surface area (Å²) in [5.74, 6) is -2.82. The Morgan fingerprint density at radius 3 is 1.93 bits per heavy atom. The second-order valence-electron chi connectivity index (χ2n) is 7.32. The van der Waals surface area contributed by atoms with Crippen LogP contribution in [0, 0.1) is 5.92 Å². The van der Waals surface area contributed by atoms with Crippen LogP contribution in [0.15, 0.2) is 0 Å². The quantitative estimate of drug-likeness (QED) is 0.163. The van der Waals surface area contributed by atoms with Gasteiger partial charge in [0.15, 0.2) is 5.92 Å². The summed E-state index contributed by atoms with van der Waals surface area (Å²) < 4.78 is 5.15. The van der Waals surface area contributed by atoms with E-state index in [1.807, 2.05) is 4.90 Å². The van der Waals surface area contributed by atoms with Crippen molar-refractivity contribution in [2.45, 2.75) is 77.6 Å². The van der Waals surface area contributed by atoms with E-state index in [0.29, 0.717) is 32.5 Å². The first-order valence-electron chi connectivity index (χ1n) is 10.9. The van der Waals surface area contributed by atoms with E-state index >= 15 is 0 Å². The molecule has 166 valence electrons. The Morgan fingerprint density at radius 2 is 1.39 bits per heavy atom. The van der Waals surface area contributed by atoms with E-state index in [9.17, 15) is 14.7 Å². The van der Waals surface area contributed by atoms with Crippen molar-refractivity contribution in [2.75, 3.05) is 39.5 Å². The highest BCUT2D eigenvalue weighted by molar-refractivity contribution is 5.93. The van der Waals surface area contributed by atoms with Gasteiger partial charge >= 0.3 is 11.9 Å². The lowest BCUT2D eigenvalue weighted by Gasteiger charge is -2.19. The zero-order chi connectivity index (χ0) is 21.0. The van der Waals surface area contributed by atoms with Gasteiger partial charge in [-0.2, -0.15) is 0 Å². The molecule has 0 fully saturated rings. The molecule has 0 aromatic carbocycles. The number of aliphatic hydroxyl groups is 2. The molecule has 0 saturated carbocycles. The molecule has 7 nitrogen and oxygen atoms in total. The van der Waals surface area contributed by atoms with Crippen LogP contribution < -0.4 is 0 Å². The molecule has 0 aliphatic heterocycles. The number of unbranched alkanes of at least 4 members (excludes halogenated alkanes) is 8. The zero-order valence-corrected chi connectivity index (χ0v) is 17.6. The third-order valence-electron chi connectivity index (χ3n) is 4.87. The normalized spacial score (nSPS) is 12.3. The number of ether oxygens (including phenoxy) is 1. The number of aliphatic hydroxyl groups excluding tert-OH is 2. The fourth-order valence-electron chi connectivity index (χ4n) is 3.15. The molecule has 0 heterocycles. The Hall–Kier alpha value is -1.18. The van der Waals surface area contributed by atoms with Crippen LogP contribution in [-0.4, -0.2) is 71.6 Å². The second kappa shape index (κ2) is 19.2.